The number of hydrogen-bond donors (Lipinski definition) is 1. The molecule has 2 aromatic rings. The lowest BCUT2D eigenvalue weighted by Crippen LogP contribution is -2.27. The van der Waals surface area contributed by atoms with Crippen LogP contribution in [0.25, 0.3) is 10.9 Å². The van der Waals surface area contributed by atoms with E-state index in [1.165, 1.54) is 17.7 Å². The van der Waals surface area contributed by atoms with Crippen LogP contribution in [-0.4, -0.2) is 4.98 Å². The van der Waals surface area contributed by atoms with Gasteiger partial charge in [0.25, 0.3) is 0 Å². The molecular weight excluding hydrogens is 268 g/mol. The van der Waals surface area contributed by atoms with Crippen molar-refractivity contribution in [3.05, 3.63) is 47.2 Å². The molecule has 2 atom stereocenters. The topological polar surface area (TPSA) is 38.9 Å². The van der Waals surface area contributed by atoms with Gasteiger partial charge in [-0.15, -0.1) is 0 Å². The molecule has 114 valence electrons. The van der Waals surface area contributed by atoms with Crippen LogP contribution in [0.1, 0.15) is 50.8 Å². The molecule has 1 heterocycles. The highest BCUT2D eigenvalue weighted by Gasteiger charge is 2.36. The molecule has 2 bridgehead atoms. The third-order valence-corrected chi connectivity index (χ3v) is 5.37. The molecule has 2 N–H and O–H groups in total. The number of anilines is 1. The molecular formula is C20H24N2. The number of nitrogen functional groups attached to an aromatic ring is 1. The molecule has 0 saturated carbocycles. The van der Waals surface area contributed by atoms with Gasteiger partial charge in [0, 0.05) is 22.3 Å². The van der Waals surface area contributed by atoms with Gasteiger partial charge in [0.1, 0.15) is 0 Å². The van der Waals surface area contributed by atoms with Crippen molar-refractivity contribution in [2.24, 2.45) is 11.3 Å². The summed E-state index contributed by atoms with van der Waals surface area (Å²) < 4.78 is 0. The molecule has 2 aliphatic rings. The van der Waals surface area contributed by atoms with Crippen LogP contribution in [0.4, 0.5) is 5.69 Å². The van der Waals surface area contributed by atoms with Gasteiger partial charge >= 0.3 is 0 Å². The molecule has 1 aromatic carbocycles. The third-order valence-electron chi connectivity index (χ3n) is 5.37. The number of benzene rings is 1. The minimum absolute atomic E-state index is 0.257. The standard InChI is InChI=1S/C20H24N2/c1-20(2,3)14-9-12-8-13(11-14)18-17(10-12)22-16-7-5-4-6-15(16)19(18)21/h4-7,9,12-13H,8,10-11H2,1-3H3,(H2,21,22)/t12-,13+/m1/s1. The minimum Gasteiger partial charge on any atom is -0.398 e. The predicted octanol–water partition coefficient (Wildman–Crippen LogP) is 4.84. The Morgan fingerprint density at radius 3 is 2.68 bits per heavy atom. The zero-order chi connectivity index (χ0) is 15.5. The summed E-state index contributed by atoms with van der Waals surface area (Å²) in [5, 5.41) is 1.12. The van der Waals surface area contributed by atoms with Gasteiger partial charge < -0.3 is 5.73 Å². The van der Waals surface area contributed by atoms with E-state index in [1.54, 1.807) is 5.57 Å². The van der Waals surface area contributed by atoms with E-state index in [0.29, 0.717) is 11.8 Å². The quantitative estimate of drug-likeness (QED) is 0.706. The molecule has 0 unspecified atom stereocenters. The highest BCUT2D eigenvalue weighted by Crippen LogP contribution is 2.49. The second kappa shape index (κ2) is 4.58. The number of rotatable bonds is 0. The Bertz CT molecular complexity index is 780. The maximum Gasteiger partial charge on any atom is 0.0726 e. The predicted molar refractivity (Wildman–Crippen MR) is 92.9 cm³/mol. The molecule has 2 nitrogen and oxygen atoms in total. The normalized spacial score (nSPS) is 24.0. The SMILES string of the molecule is CC(C)(C)C1=C[C@@H]2Cc3nc4ccccc4c(N)c3[C@H](C1)C2. The number of allylic oxidation sites excluding steroid dienone is 2. The number of nitrogens with two attached hydrogens (primary N) is 1. The van der Waals surface area contributed by atoms with Crippen molar-refractivity contribution in [3.63, 3.8) is 0 Å². The van der Waals surface area contributed by atoms with E-state index in [-0.39, 0.29) is 5.41 Å². The minimum atomic E-state index is 0.257. The van der Waals surface area contributed by atoms with Crippen molar-refractivity contribution < 1.29 is 0 Å². The van der Waals surface area contributed by atoms with Gasteiger partial charge in [0.05, 0.1) is 5.52 Å². The summed E-state index contributed by atoms with van der Waals surface area (Å²) in [5.41, 5.74) is 13.0. The average Bonchev–Trinajstić information content (AvgIpc) is 2.45. The van der Waals surface area contributed by atoms with E-state index in [9.17, 15) is 0 Å². The van der Waals surface area contributed by atoms with E-state index >= 15 is 0 Å². The first-order valence-electron chi connectivity index (χ1n) is 8.31. The van der Waals surface area contributed by atoms with Crippen molar-refractivity contribution in [3.8, 4) is 0 Å². The second-order valence-electron chi connectivity index (χ2n) is 7.95. The lowest BCUT2D eigenvalue weighted by Gasteiger charge is -2.39. The van der Waals surface area contributed by atoms with Crippen LogP contribution >= 0.6 is 0 Å². The number of fused-ring (bicyclic) bond motifs is 5. The van der Waals surface area contributed by atoms with Crippen molar-refractivity contribution in [1.29, 1.82) is 0 Å². The van der Waals surface area contributed by atoms with E-state index < -0.39 is 0 Å². The first-order valence-corrected chi connectivity index (χ1v) is 8.31. The van der Waals surface area contributed by atoms with Gasteiger partial charge in [0.15, 0.2) is 0 Å². The summed E-state index contributed by atoms with van der Waals surface area (Å²) in [6, 6.07) is 8.28. The van der Waals surface area contributed by atoms with Crippen molar-refractivity contribution >= 4 is 16.6 Å². The summed E-state index contributed by atoms with van der Waals surface area (Å²) in [4.78, 5) is 4.94. The van der Waals surface area contributed by atoms with Gasteiger partial charge in [0.2, 0.25) is 0 Å². The molecule has 0 spiro atoms. The van der Waals surface area contributed by atoms with Crippen LogP contribution in [-0.2, 0) is 6.42 Å². The molecule has 0 aliphatic heterocycles. The third kappa shape index (κ3) is 2.05. The first-order chi connectivity index (χ1) is 10.4. The zero-order valence-electron chi connectivity index (χ0n) is 13.7. The summed E-state index contributed by atoms with van der Waals surface area (Å²) in [6.45, 7) is 6.97. The fourth-order valence-corrected chi connectivity index (χ4v) is 4.22. The van der Waals surface area contributed by atoms with E-state index in [4.69, 9.17) is 10.7 Å². The molecule has 0 saturated heterocycles. The van der Waals surface area contributed by atoms with Gasteiger partial charge in [-0.05, 0) is 42.6 Å². The number of nitrogens with zero attached hydrogens (tertiary/aromatic N) is 1. The molecule has 22 heavy (non-hydrogen) atoms. The fourth-order valence-electron chi connectivity index (χ4n) is 4.22. The first kappa shape index (κ1) is 13.8. The Morgan fingerprint density at radius 1 is 1.14 bits per heavy atom. The van der Waals surface area contributed by atoms with Crippen LogP contribution in [0, 0.1) is 11.3 Å². The maximum atomic E-state index is 6.57. The molecule has 1 aromatic heterocycles. The zero-order valence-corrected chi connectivity index (χ0v) is 13.7. The monoisotopic (exact) mass is 292 g/mol. The van der Waals surface area contributed by atoms with Gasteiger partial charge in [-0.25, -0.2) is 0 Å². The van der Waals surface area contributed by atoms with Crippen LogP contribution in [0.3, 0.4) is 0 Å². The van der Waals surface area contributed by atoms with Crippen LogP contribution < -0.4 is 5.73 Å². The second-order valence-corrected chi connectivity index (χ2v) is 7.95. The van der Waals surface area contributed by atoms with E-state index in [2.05, 4.69) is 45.0 Å². The fraction of sp³-hybridized carbons (Fsp3) is 0.450. The highest BCUT2D eigenvalue weighted by molar-refractivity contribution is 5.92. The van der Waals surface area contributed by atoms with Gasteiger partial charge in [-0.1, -0.05) is 50.6 Å². The average molecular weight is 292 g/mol. The van der Waals surface area contributed by atoms with E-state index in [1.807, 2.05) is 6.07 Å². The summed E-state index contributed by atoms with van der Waals surface area (Å²) in [6.07, 6.45) is 5.93. The molecule has 2 heteroatoms. The molecule has 0 radical (unpaired) electrons. The van der Waals surface area contributed by atoms with Crippen LogP contribution in [0.15, 0.2) is 35.9 Å². The summed E-state index contributed by atoms with van der Waals surface area (Å²) in [5.74, 6) is 1.18. The van der Waals surface area contributed by atoms with Crippen molar-refractivity contribution in [2.45, 2.75) is 46.0 Å². The highest BCUT2D eigenvalue weighted by atomic mass is 14.7. The van der Waals surface area contributed by atoms with Crippen LogP contribution in [0.5, 0.6) is 0 Å². The number of hydrogen-bond acceptors (Lipinski definition) is 2. The smallest absolute Gasteiger partial charge is 0.0726 e. The van der Waals surface area contributed by atoms with Gasteiger partial charge in [-0.2, -0.15) is 0 Å². The Morgan fingerprint density at radius 2 is 1.91 bits per heavy atom. The molecule has 0 amide bonds. The lowest BCUT2D eigenvalue weighted by atomic mass is 9.66. The van der Waals surface area contributed by atoms with Crippen molar-refractivity contribution in [1.82, 2.24) is 4.98 Å². The van der Waals surface area contributed by atoms with Crippen molar-refractivity contribution in [2.75, 3.05) is 5.73 Å². The Kier molecular flexibility index (Phi) is 2.87. The summed E-state index contributed by atoms with van der Waals surface area (Å²) >= 11 is 0. The number of pyridine rings is 1. The summed E-state index contributed by atoms with van der Waals surface area (Å²) in [7, 11) is 0. The Hall–Kier alpha value is -1.83. The van der Waals surface area contributed by atoms with Gasteiger partial charge in [-0.3, -0.25) is 4.98 Å². The Labute approximate surface area is 132 Å². The number of aromatic nitrogens is 1. The lowest BCUT2D eigenvalue weighted by molar-refractivity contribution is 0.376. The molecule has 0 fully saturated rings. The van der Waals surface area contributed by atoms with Crippen LogP contribution in [0.2, 0.25) is 0 Å². The largest absolute Gasteiger partial charge is 0.398 e. The Balaban J connectivity index is 1.87. The molecule has 2 aliphatic carbocycles. The van der Waals surface area contributed by atoms with E-state index in [0.717, 1.165) is 29.4 Å². The number of para-hydroxylation sites is 1. The maximum absolute atomic E-state index is 6.57. The molecule has 4 rings (SSSR count).